The van der Waals surface area contributed by atoms with Crippen molar-refractivity contribution >= 4 is 51.6 Å². The van der Waals surface area contributed by atoms with E-state index in [1.807, 2.05) is 17.5 Å². The number of aromatic nitrogens is 1. The molecule has 112 valence electrons. The van der Waals surface area contributed by atoms with Crippen molar-refractivity contribution in [3.63, 3.8) is 0 Å². The molecule has 0 saturated carbocycles. The van der Waals surface area contributed by atoms with Crippen LogP contribution in [0.15, 0.2) is 53.2 Å². The molecule has 1 aromatic carbocycles. The van der Waals surface area contributed by atoms with Crippen LogP contribution in [0.5, 0.6) is 0 Å². The predicted octanol–water partition coefficient (Wildman–Crippen LogP) is 3.60. The van der Waals surface area contributed by atoms with Gasteiger partial charge in [0.2, 0.25) is 11.6 Å². The van der Waals surface area contributed by atoms with E-state index < -0.39 is 5.78 Å². The molecule has 7 heteroatoms. The number of fused-ring (bicyclic) bond motifs is 1. The summed E-state index contributed by atoms with van der Waals surface area (Å²) in [5.74, 6) is -0.760. The number of pyridine rings is 1. The molecule has 0 bridgehead atoms. The first-order chi connectivity index (χ1) is 11.1. The summed E-state index contributed by atoms with van der Waals surface area (Å²) in [6.07, 6.45) is 1.45. The lowest BCUT2D eigenvalue weighted by atomic mass is 9.96. The third kappa shape index (κ3) is 3.00. The van der Waals surface area contributed by atoms with E-state index >= 15 is 0 Å². The molecule has 0 unspecified atom stereocenters. The van der Waals surface area contributed by atoms with Crippen molar-refractivity contribution in [1.29, 1.82) is 5.26 Å². The number of nitriles is 1. The zero-order chi connectivity index (χ0) is 16.4. The quantitative estimate of drug-likeness (QED) is 0.589. The Bertz CT molecular complexity index is 885. The van der Waals surface area contributed by atoms with Crippen LogP contribution < -0.4 is 5.32 Å². The van der Waals surface area contributed by atoms with Crippen LogP contribution in [0, 0.1) is 14.2 Å². The van der Waals surface area contributed by atoms with E-state index in [4.69, 9.17) is 5.26 Å². The molecule has 0 amide bonds. The molecule has 0 atom stereocenters. The number of benzene rings is 1. The van der Waals surface area contributed by atoms with Gasteiger partial charge in [-0.1, -0.05) is 0 Å². The summed E-state index contributed by atoms with van der Waals surface area (Å²) in [4.78, 5) is 29.3. The molecule has 3 rings (SSSR count). The van der Waals surface area contributed by atoms with Gasteiger partial charge in [0.05, 0.1) is 10.5 Å². The molecule has 23 heavy (non-hydrogen) atoms. The number of thiocyanates is 1. The van der Waals surface area contributed by atoms with E-state index in [1.54, 1.807) is 24.3 Å². The van der Waals surface area contributed by atoms with Crippen LogP contribution in [-0.4, -0.2) is 16.6 Å². The van der Waals surface area contributed by atoms with Crippen molar-refractivity contribution in [2.24, 2.45) is 0 Å². The highest BCUT2D eigenvalue weighted by Crippen LogP contribution is 2.32. The van der Waals surface area contributed by atoms with Crippen LogP contribution in [0.2, 0.25) is 0 Å². The summed E-state index contributed by atoms with van der Waals surface area (Å²) >= 11 is 2.85. The summed E-state index contributed by atoms with van der Waals surface area (Å²) in [7, 11) is 0. The van der Waals surface area contributed by atoms with Gasteiger partial charge in [-0.2, -0.15) is 5.26 Å². The second kappa shape index (κ2) is 6.52. The predicted molar refractivity (Wildman–Crippen MR) is 95.9 cm³/mol. The van der Waals surface area contributed by atoms with E-state index in [-0.39, 0.29) is 27.6 Å². The third-order valence-corrected chi connectivity index (χ3v) is 4.59. The Morgan fingerprint density at radius 3 is 2.57 bits per heavy atom. The highest BCUT2D eigenvalue weighted by molar-refractivity contribution is 14.1. The fraction of sp³-hybridized carbons (Fsp3) is 0. The highest BCUT2D eigenvalue weighted by atomic mass is 127. The molecular formula is C16H8IN3O2S. The number of carbonyl (C=O) groups is 2. The zero-order valence-corrected chi connectivity index (χ0v) is 14.5. The normalized spacial score (nSPS) is 13.6. The second-order valence-corrected chi connectivity index (χ2v) is 6.63. The number of ketones is 2. The summed E-state index contributed by atoms with van der Waals surface area (Å²) in [5.41, 5.74) is 1.12. The first-order valence-corrected chi connectivity index (χ1v) is 8.38. The van der Waals surface area contributed by atoms with Crippen molar-refractivity contribution in [3.05, 3.63) is 68.0 Å². The molecule has 0 fully saturated rings. The van der Waals surface area contributed by atoms with Gasteiger partial charge in [-0.25, -0.2) is 0 Å². The number of allylic oxidation sites excluding steroid dienone is 2. The van der Waals surface area contributed by atoms with Crippen molar-refractivity contribution in [2.75, 3.05) is 5.32 Å². The lowest BCUT2D eigenvalue weighted by Gasteiger charge is -2.19. The molecule has 0 radical (unpaired) electrons. The van der Waals surface area contributed by atoms with Gasteiger partial charge in [0, 0.05) is 15.5 Å². The number of carbonyl (C=O) groups excluding carboxylic acids is 2. The SMILES string of the molecule is N#CSC1=C(Nc2ccc(I)cc2)C(=O)c2cccnc2C1=O. The standard InChI is InChI=1S/C16H8IN3O2S/c17-9-3-5-10(6-4-9)20-13-14(21)11-2-1-7-19-12(11)15(22)16(13)23-8-18/h1-7,20H. The van der Waals surface area contributed by atoms with E-state index in [0.29, 0.717) is 17.4 Å². The molecular weight excluding hydrogens is 425 g/mol. The van der Waals surface area contributed by atoms with Crippen molar-refractivity contribution in [1.82, 2.24) is 4.98 Å². The minimum Gasteiger partial charge on any atom is -0.351 e. The summed E-state index contributed by atoms with van der Waals surface area (Å²) in [6.45, 7) is 0. The largest absolute Gasteiger partial charge is 0.351 e. The minimum atomic E-state index is -0.417. The maximum absolute atomic E-state index is 12.7. The topological polar surface area (TPSA) is 82.8 Å². The van der Waals surface area contributed by atoms with Crippen LogP contribution in [0.25, 0.3) is 0 Å². The second-order valence-electron chi connectivity index (χ2n) is 4.59. The van der Waals surface area contributed by atoms with E-state index in [2.05, 4.69) is 32.9 Å². The van der Waals surface area contributed by atoms with Gasteiger partial charge in [-0.3, -0.25) is 14.6 Å². The zero-order valence-electron chi connectivity index (χ0n) is 11.5. The third-order valence-electron chi connectivity index (χ3n) is 3.19. The number of hydrogen-bond acceptors (Lipinski definition) is 6. The smallest absolute Gasteiger partial charge is 0.221 e. The van der Waals surface area contributed by atoms with Gasteiger partial charge >= 0.3 is 0 Å². The first kappa shape index (κ1) is 15.7. The number of anilines is 1. The highest BCUT2D eigenvalue weighted by Gasteiger charge is 2.34. The number of hydrogen-bond donors (Lipinski definition) is 1. The summed E-state index contributed by atoms with van der Waals surface area (Å²) < 4.78 is 1.05. The van der Waals surface area contributed by atoms with E-state index in [0.717, 1.165) is 3.57 Å². The summed E-state index contributed by atoms with van der Waals surface area (Å²) in [6, 6.07) is 10.5. The van der Waals surface area contributed by atoms with Gasteiger partial charge < -0.3 is 5.32 Å². The van der Waals surface area contributed by atoms with Gasteiger partial charge in [0.25, 0.3) is 0 Å². The molecule has 1 aliphatic rings. The van der Waals surface area contributed by atoms with Crippen LogP contribution in [0.1, 0.15) is 20.8 Å². The Hall–Kier alpha value is -2.18. The van der Waals surface area contributed by atoms with Crippen molar-refractivity contribution in [2.45, 2.75) is 0 Å². The van der Waals surface area contributed by atoms with Crippen LogP contribution >= 0.6 is 34.4 Å². The number of nitrogens with one attached hydrogen (secondary N) is 1. The van der Waals surface area contributed by atoms with E-state index in [1.165, 1.54) is 6.20 Å². The average Bonchev–Trinajstić information content (AvgIpc) is 2.57. The summed E-state index contributed by atoms with van der Waals surface area (Å²) in [5, 5.41) is 13.8. The van der Waals surface area contributed by atoms with Crippen LogP contribution in [0.4, 0.5) is 5.69 Å². The molecule has 1 N–H and O–H groups in total. The Kier molecular flexibility index (Phi) is 4.45. The maximum atomic E-state index is 12.7. The lowest BCUT2D eigenvalue weighted by Crippen LogP contribution is -2.25. The Labute approximate surface area is 149 Å². The van der Waals surface area contributed by atoms with Gasteiger partial charge in [-0.15, -0.1) is 0 Å². The van der Waals surface area contributed by atoms with Crippen LogP contribution in [-0.2, 0) is 0 Å². The first-order valence-electron chi connectivity index (χ1n) is 6.49. The van der Waals surface area contributed by atoms with E-state index in [9.17, 15) is 9.59 Å². The fourth-order valence-corrected chi connectivity index (χ4v) is 3.05. The molecule has 1 aliphatic carbocycles. The Morgan fingerprint density at radius 2 is 1.87 bits per heavy atom. The number of rotatable bonds is 3. The molecule has 0 saturated heterocycles. The molecule has 0 spiro atoms. The number of Topliss-reactive ketones (excluding diaryl/α,β-unsaturated/α-hetero) is 2. The number of nitrogens with zero attached hydrogens (tertiary/aromatic N) is 2. The van der Waals surface area contributed by atoms with Crippen molar-refractivity contribution in [3.8, 4) is 5.40 Å². The molecule has 5 nitrogen and oxygen atoms in total. The number of halogens is 1. The molecule has 1 aromatic heterocycles. The van der Waals surface area contributed by atoms with Gasteiger partial charge in [-0.05, 0) is 70.8 Å². The maximum Gasteiger partial charge on any atom is 0.221 e. The Morgan fingerprint density at radius 1 is 1.13 bits per heavy atom. The molecule has 2 aromatic rings. The molecule has 0 aliphatic heterocycles. The van der Waals surface area contributed by atoms with Gasteiger partial charge in [0.15, 0.2) is 0 Å². The monoisotopic (exact) mass is 433 g/mol. The average molecular weight is 433 g/mol. The van der Waals surface area contributed by atoms with Gasteiger partial charge in [0.1, 0.15) is 16.8 Å². The van der Waals surface area contributed by atoms with Crippen molar-refractivity contribution < 1.29 is 9.59 Å². The number of thioether (sulfide) groups is 1. The lowest BCUT2D eigenvalue weighted by molar-refractivity contribution is 0.0979. The molecule has 1 heterocycles. The minimum absolute atomic E-state index is 0.0715. The fourth-order valence-electron chi connectivity index (χ4n) is 2.16. The Balaban J connectivity index is 2.09. The van der Waals surface area contributed by atoms with Crippen LogP contribution in [0.3, 0.4) is 0 Å².